The van der Waals surface area contributed by atoms with Gasteiger partial charge in [-0.25, -0.2) is 0 Å². The summed E-state index contributed by atoms with van der Waals surface area (Å²) in [7, 11) is 0. The van der Waals surface area contributed by atoms with E-state index >= 15 is 0 Å². The van der Waals surface area contributed by atoms with Crippen molar-refractivity contribution in [3.05, 3.63) is 53.9 Å². The second-order valence-corrected chi connectivity index (χ2v) is 4.56. The number of hydrogen-bond donors (Lipinski definition) is 1. The Morgan fingerprint density at radius 1 is 1.11 bits per heavy atom. The maximum Gasteiger partial charge on any atom is 0.146 e. The van der Waals surface area contributed by atoms with Crippen LogP contribution in [0.2, 0.25) is 0 Å². The van der Waals surface area contributed by atoms with Crippen LogP contribution in [0.1, 0.15) is 30.9 Å². The second kappa shape index (κ2) is 5.65. The Morgan fingerprint density at radius 2 is 1.83 bits per heavy atom. The normalized spacial score (nSPS) is 10.7. The summed E-state index contributed by atoms with van der Waals surface area (Å²) in [5.41, 5.74) is 7.84. The Bertz CT molecular complexity index is 506. The topological polar surface area (TPSA) is 48.1 Å². The first-order valence-electron chi connectivity index (χ1n) is 6.11. The molecule has 18 heavy (non-hydrogen) atoms. The number of nitrogens with zero attached hydrogens (tertiary/aromatic N) is 1. The molecule has 0 bridgehead atoms. The number of ether oxygens (including phenoxy) is 1. The molecule has 2 aromatic rings. The fourth-order valence-electron chi connectivity index (χ4n) is 1.69. The maximum absolute atomic E-state index is 5.74. The van der Waals surface area contributed by atoms with Crippen molar-refractivity contribution in [2.24, 2.45) is 5.73 Å². The van der Waals surface area contributed by atoms with Crippen molar-refractivity contribution in [1.29, 1.82) is 0 Å². The Kier molecular flexibility index (Phi) is 3.95. The van der Waals surface area contributed by atoms with Gasteiger partial charge in [0.25, 0.3) is 0 Å². The Labute approximate surface area is 108 Å². The van der Waals surface area contributed by atoms with Gasteiger partial charge in [0, 0.05) is 12.7 Å². The number of benzene rings is 1. The molecular formula is C15H18N2O. The monoisotopic (exact) mass is 242 g/mol. The highest BCUT2D eigenvalue weighted by Gasteiger charge is 2.01. The molecule has 0 saturated heterocycles. The number of aromatic nitrogens is 1. The second-order valence-electron chi connectivity index (χ2n) is 4.56. The highest BCUT2D eigenvalue weighted by atomic mass is 16.5. The lowest BCUT2D eigenvalue weighted by Gasteiger charge is -2.09. The van der Waals surface area contributed by atoms with Crippen LogP contribution in [0, 0.1) is 0 Å². The summed E-state index contributed by atoms with van der Waals surface area (Å²) < 4.78 is 5.74. The fraction of sp³-hybridized carbons (Fsp3) is 0.267. The molecule has 94 valence electrons. The molecule has 1 aromatic carbocycles. The SMILES string of the molecule is CC(C)c1ccc(Oc2cncc(CN)c2)cc1. The van der Waals surface area contributed by atoms with Crippen LogP contribution < -0.4 is 10.5 Å². The molecule has 0 saturated carbocycles. The average Bonchev–Trinajstić information content (AvgIpc) is 2.39. The van der Waals surface area contributed by atoms with E-state index in [4.69, 9.17) is 10.5 Å². The van der Waals surface area contributed by atoms with E-state index in [1.165, 1.54) is 5.56 Å². The molecule has 0 atom stereocenters. The minimum Gasteiger partial charge on any atom is -0.456 e. The predicted octanol–water partition coefficient (Wildman–Crippen LogP) is 3.46. The predicted molar refractivity (Wildman–Crippen MR) is 72.7 cm³/mol. The van der Waals surface area contributed by atoms with Gasteiger partial charge in [0.1, 0.15) is 11.5 Å². The number of hydrogen-bond acceptors (Lipinski definition) is 3. The first-order chi connectivity index (χ1) is 8.69. The summed E-state index contributed by atoms with van der Waals surface area (Å²) in [5.74, 6) is 2.06. The molecule has 0 fully saturated rings. The van der Waals surface area contributed by atoms with E-state index < -0.39 is 0 Å². The van der Waals surface area contributed by atoms with E-state index in [-0.39, 0.29) is 0 Å². The van der Waals surface area contributed by atoms with E-state index in [1.54, 1.807) is 12.4 Å². The van der Waals surface area contributed by atoms with E-state index in [9.17, 15) is 0 Å². The number of pyridine rings is 1. The van der Waals surface area contributed by atoms with Gasteiger partial charge in [-0.3, -0.25) is 4.98 Å². The third-order valence-corrected chi connectivity index (χ3v) is 2.79. The number of nitrogens with two attached hydrogens (primary N) is 1. The summed E-state index contributed by atoms with van der Waals surface area (Å²) in [6.07, 6.45) is 3.43. The van der Waals surface area contributed by atoms with Crippen LogP contribution in [0.25, 0.3) is 0 Å². The molecule has 0 amide bonds. The summed E-state index contributed by atoms with van der Waals surface area (Å²) in [6.45, 7) is 4.81. The van der Waals surface area contributed by atoms with Crippen molar-refractivity contribution in [1.82, 2.24) is 4.98 Å². The van der Waals surface area contributed by atoms with Crippen molar-refractivity contribution in [3.63, 3.8) is 0 Å². The number of rotatable bonds is 4. The smallest absolute Gasteiger partial charge is 0.146 e. The standard InChI is InChI=1S/C15H18N2O/c1-11(2)13-3-5-14(6-4-13)18-15-7-12(8-16)9-17-10-15/h3-7,9-11H,8,16H2,1-2H3. The molecule has 1 heterocycles. The van der Waals surface area contributed by atoms with E-state index in [2.05, 4.69) is 31.0 Å². The van der Waals surface area contributed by atoms with Crippen LogP contribution in [-0.4, -0.2) is 4.98 Å². The van der Waals surface area contributed by atoms with Gasteiger partial charge >= 0.3 is 0 Å². The molecule has 1 aromatic heterocycles. The van der Waals surface area contributed by atoms with E-state index in [0.717, 1.165) is 17.1 Å². The molecule has 0 spiro atoms. The van der Waals surface area contributed by atoms with Crippen molar-refractivity contribution in [2.45, 2.75) is 26.3 Å². The van der Waals surface area contributed by atoms with Crippen LogP contribution in [0.5, 0.6) is 11.5 Å². The molecule has 0 aliphatic rings. The summed E-state index contributed by atoms with van der Waals surface area (Å²) >= 11 is 0. The van der Waals surface area contributed by atoms with Gasteiger partial charge in [0.05, 0.1) is 6.20 Å². The van der Waals surface area contributed by atoms with Gasteiger partial charge in [0.15, 0.2) is 0 Å². The highest BCUT2D eigenvalue weighted by Crippen LogP contribution is 2.23. The summed E-state index contributed by atoms with van der Waals surface area (Å²) in [4.78, 5) is 4.09. The van der Waals surface area contributed by atoms with Crippen LogP contribution in [0.15, 0.2) is 42.7 Å². The van der Waals surface area contributed by atoms with Crippen molar-refractivity contribution in [3.8, 4) is 11.5 Å². The van der Waals surface area contributed by atoms with Crippen molar-refractivity contribution in [2.75, 3.05) is 0 Å². The zero-order chi connectivity index (χ0) is 13.0. The lowest BCUT2D eigenvalue weighted by atomic mass is 10.0. The molecule has 0 aliphatic carbocycles. The zero-order valence-corrected chi connectivity index (χ0v) is 10.8. The lowest BCUT2D eigenvalue weighted by Crippen LogP contribution is -1.97. The largest absolute Gasteiger partial charge is 0.456 e. The van der Waals surface area contributed by atoms with Crippen molar-refractivity contribution >= 4 is 0 Å². The van der Waals surface area contributed by atoms with Crippen LogP contribution in [0.4, 0.5) is 0 Å². The van der Waals surface area contributed by atoms with E-state index in [1.807, 2.05) is 18.2 Å². The molecule has 3 heteroatoms. The van der Waals surface area contributed by atoms with Gasteiger partial charge in [-0.1, -0.05) is 26.0 Å². The third-order valence-electron chi connectivity index (χ3n) is 2.79. The molecule has 2 rings (SSSR count). The minimum atomic E-state index is 0.469. The molecule has 0 unspecified atom stereocenters. The first kappa shape index (κ1) is 12.6. The fourth-order valence-corrected chi connectivity index (χ4v) is 1.69. The summed E-state index contributed by atoms with van der Waals surface area (Å²) in [5, 5.41) is 0. The molecule has 0 radical (unpaired) electrons. The quantitative estimate of drug-likeness (QED) is 0.893. The van der Waals surface area contributed by atoms with E-state index in [0.29, 0.717) is 12.5 Å². The highest BCUT2D eigenvalue weighted by molar-refractivity contribution is 5.34. The van der Waals surface area contributed by atoms with Gasteiger partial charge in [-0.15, -0.1) is 0 Å². The average molecular weight is 242 g/mol. The minimum absolute atomic E-state index is 0.469. The molecule has 3 nitrogen and oxygen atoms in total. The van der Waals surface area contributed by atoms with Crippen LogP contribution in [0.3, 0.4) is 0 Å². The Balaban J connectivity index is 2.13. The third kappa shape index (κ3) is 3.08. The van der Waals surface area contributed by atoms with Gasteiger partial charge in [0.2, 0.25) is 0 Å². The Morgan fingerprint density at radius 3 is 2.44 bits per heavy atom. The van der Waals surface area contributed by atoms with Crippen molar-refractivity contribution < 1.29 is 4.74 Å². The van der Waals surface area contributed by atoms with Gasteiger partial charge in [-0.05, 0) is 35.2 Å². The molecular weight excluding hydrogens is 224 g/mol. The van der Waals surface area contributed by atoms with Gasteiger partial charge in [-0.2, -0.15) is 0 Å². The maximum atomic E-state index is 5.74. The first-order valence-corrected chi connectivity index (χ1v) is 6.11. The molecule has 2 N–H and O–H groups in total. The van der Waals surface area contributed by atoms with Crippen LogP contribution >= 0.6 is 0 Å². The molecule has 0 aliphatic heterocycles. The van der Waals surface area contributed by atoms with Crippen LogP contribution in [-0.2, 0) is 6.54 Å². The summed E-state index contributed by atoms with van der Waals surface area (Å²) in [6, 6.07) is 10.0. The van der Waals surface area contributed by atoms with Gasteiger partial charge < -0.3 is 10.5 Å². The zero-order valence-electron chi connectivity index (χ0n) is 10.8. The Hall–Kier alpha value is -1.87. The lowest BCUT2D eigenvalue weighted by molar-refractivity contribution is 0.479.